The Bertz CT molecular complexity index is 990. The van der Waals surface area contributed by atoms with E-state index in [4.69, 9.17) is 39.5 Å². The fraction of sp³-hybridized carbons (Fsp3) is 0.176. The van der Waals surface area contributed by atoms with Crippen molar-refractivity contribution in [2.75, 3.05) is 11.6 Å². The molecule has 0 radical (unpaired) electrons. The van der Waals surface area contributed by atoms with Crippen LogP contribution in [-0.2, 0) is 19.4 Å². The van der Waals surface area contributed by atoms with Gasteiger partial charge in [-0.1, -0.05) is 34.8 Å². The fourth-order valence-electron chi connectivity index (χ4n) is 1.97. The van der Waals surface area contributed by atoms with Gasteiger partial charge in [0.25, 0.3) is 5.91 Å². The Morgan fingerprint density at radius 2 is 1.56 bits per heavy atom. The fourth-order valence-corrected chi connectivity index (χ4v) is 3.20. The molecule has 1 unspecified atom stereocenters. The van der Waals surface area contributed by atoms with Crippen LogP contribution in [0.5, 0.6) is 0 Å². The SMILES string of the molecule is CC(OC(=O)c1ccc(S(C)(=O)=O)cc1)C(=O)Nc1cc(Cl)c(Cl)cc1Cl. The molecule has 1 N–H and O–H groups in total. The minimum atomic E-state index is -3.38. The number of hydrogen-bond acceptors (Lipinski definition) is 5. The largest absolute Gasteiger partial charge is 0.449 e. The van der Waals surface area contributed by atoms with Gasteiger partial charge in [0.1, 0.15) is 0 Å². The standard InChI is InChI=1S/C17H14Cl3NO5S/c1-9(16(22)21-15-8-13(19)12(18)7-14(15)20)26-17(23)10-3-5-11(6-4-10)27(2,24)25/h3-9H,1-2H3,(H,21,22). The van der Waals surface area contributed by atoms with Gasteiger partial charge in [-0.25, -0.2) is 13.2 Å². The van der Waals surface area contributed by atoms with E-state index in [1.165, 1.54) is 43.3 Å². The maximum Gasteiger partial charge on any atom is 0.338 e. The maximum absolute atomic E-state index is 12.2. The van der Waals surface area contributed by atoms with Gasteiger partial charge in [-0.2, -0.15) is 0 Å². The van der Waals surface area contributed by atoms with Crippen LogP contribution in [0.2, 0.25) is 15.1 Å². The number of hydrogen-bond donors (Lipinski definition) is 1. The van der Waals surface area contributed by atoms with Crippen molar-refractivity contribution < 1.29 is 22.7 Å². The van der Waals surface area contributed by atoms with Gasteiger partial charge in [-0.05, 0) is 43.3 Å². The number of carbonyl (C=O) groups is 2. The molecule has 0 spiro atoms. The van der Waals surface area contributed by atoms with Crippen LogP contribution < -0.4 is 5.32 Å². The molecule has 6 nitrogen and oxygen atoms in total. The number of nitrogens with one attached hydrogen (secondary N) is 1. The highest BCUT2D eigenvalue weighted by atomic mass is 35.5. The number of rotatable bonds is 5. The monoisotopic (exact) mass is 449 g/mol. The number of sulfone groups is 1. The Labute approximate surface area is 171 Å². The molecule has 2 rings (SSSR count). The molecule has 0 heterocycles. The zero-order chi connectivity index (χ0) is 20.4. The number of benzene rings is 2. The second kappa shape index (κ2) is 8.48. The van der Waals surface area contributed by atoms with Crippen molar-refractivity contribution in [3.05, 3.63) is 57.0 Å². The quantitative estimate of drug-likeness (QED) is 0.544. The van der Waals surface area contributed by atoms with Crippen LogP contribution in [0.4, 0.5) is 5.69 Å². The highest BCUT2D eigenvalue weighted by molar-refractivity contribution is 7.90. The van der Waals surface area contributed by atoms with Crippen LogP contribution in [0.15, 0.2) is 41.3 Å². The van der Waals surface area contributed by atoms with E-state index in [1.807, 2.05) is 0 Å². The van der Waals surface area contributed by atoms with Crippen LogP contribution in [0.1, 0.15) is 17.3 Å². The van der Waals surface area contributed by atoms with E-state index in [-0.39, 0.29) is 31.2 Å². The zero-order valence-electron chi connectivity index (χ0n) is 14.1. The van der Waals surface area contributed by atoms with Crippen LogP contribution >= 0.6 is 34.8 Å². The third kappa shape index (κ3) is 5.59. The van der Waals surface area contributed by atoms with E-state index in [1.54, 1.807) is 0 Å². The number of esters is 1. The van der Waals surface area contributed by atoms with Gasteiger partial charge in [0.2, 0.25) is 0 Å². The molecule has 0 saturated carbocycles. The van der Waals surface area contributed by atoms with Gasteiger partial charge < -0.3 is 10.1 Å². The number of amides is 1. The molecule has 2 aromatic rings. The molecule has 0 aromatic heterocycles. The molecule has 10 heteroatoms. The molecule has 0 fully saturated rings. The topological polar surface area (TPSA) is 89.5 Å². The summed E-state index contributed by atoms with van der Waals surface area (Å²) in [5.41, 5.74) is 0.325. The summed E-state index contributed by atoms with van der Waals surface area (Å²) in [6.45, 7) is 1.38. The Morgan fingerprint density at radius 3 is 2.11 bits per heavy atom. The number of halogens is 3. The lowest BCUT2D eigenvalue weighted by Gasteiger charge is -2.15. The van der Waals surface area contributed by atoms with Gasteiger partial charge in [0, 0.05) is 6.26 Å². The Hall–Kier alpha value is -1.80. The van der Waals surface area contributed by atoms with Crippen molar-refractivity contribution in [3.8, 4) is 0 Å². The summed E-state index contributed by atoms with van der Waals surface area (Å²) in [5.74, 6) is -1.41. The predicted octanol–water partition coefficient (Wildman–Crippen LogP) is 4.23. The molecule has 1 amide bonds. The smallest absolute Gasteiger partial charge is 0.338 e. The molecule has 0 aliphatic heterocycles. The normalized spacial score (nSPS) is 12.3. The number of carbonyl (C=O) groups excluding carboxylic acids is 2. The lowest BCUT2D eigenvalue weighted by atomic mass is 10.2. The summed E-state index contributed by atoms with van der Waals surface area (Å²) in [5, 5.41) is 3.10. The maximum atomic E-state index is 12.2. The van der Waals surface area contributed by atoms with Crippen molar-refractivity contribution in [3.63, 3.8) is 0 Å². The second-order valence-electron chi connectivity index (χ2n) is 5.58. The lowest BCUT2D eigenvalue weighted by molar-refractivity contribution is -0.123. The van der Waals surface area contributed by atoms with Crippen molar-refractivity contribution in [2.45, 2.75) is 17.9 Å². The molecule has 0 aliphatic rings. The average molecular weight is 451 g/mol. The van der Waals surface area contributed by atoms with Gasteiger partial charge in [-0.15, -0.1) is 0 Å². The second-order valence-corrected chi connectivity index (χ2v) is 8.82. The molecule has 0 aliphatic carbocycles. The van der Waals surface area contributed by atoms with Crippen LogP contribution in [0, 0.1) is 0 Å². The van der Waals surface area contributed by atoms with Crippen molar-refractivity contribution in [2.24, 2.45) is 0 Å². The Kier molecular flexibility index (Phi) is 6.75. The minimum absolute atomic E-state index is 0.0686. The number of ether oxygens (including phenoxy) is 1. The van der Waals surface area contributed by atoms with Gasteiger partial charge in [-0.3, -0.25) is 4.79 Å². The molecular formula is C17H14Cl3NO5S. The highest BCUT2D eigenvalue weighted by Crippen LogP contribution is 2.32. The minimum Gasteiger partial charge on any atom is -0.449 e. The van der Waals surface area contributed by atoms with Crippen LogP contribution in [-0.4, -0.2) is 32.7 Å². The molecule has 27 heavy (non-hydrogen) atoms. The van der Waals surface area contributed by atoms with Crippen molar-refractivity contribution in [1.82, 2.24) is 0 Å². The molecular weight excluding hydrogens is 437 g/mol. The highest BCUT2D eigenvalue weighted by Gasteiger charge is 2.21. The van der Waals surface area contributed by atoms with Crippen LogP contribution in [0.3, 0.4) is 0 Å². The first-order valence-corrected chi connectivity index (χ1v) is 10.5. The van der Waals surface area contributed by atoms with E-state index in [0.29, 0.717) is 0 Å². The molecule has 0 bridgehead atoms. The molecule has 2 aromatic carbocycles. The summed E-state index contributed by atoms with van der Waals surface area (Å²) < 4.78 is 27.9. The van der Waals surface area contributed by atoms with Crippen molar-refractivity contribution >= 4 is 62.2 Å². The van der Waals surface area contributed by atoms with E-state index < -0.39 is 27.8 Å². The van der Waals surface area contributed by atoms with Gasteiger partial charge in [0.15, 0.2) is 15.9 Å². The summed E-state index contributed by atoms with van der Waals surface area (Å²) >= 11 is 17.7. The summed E-state index contributed by atoms with van der Waals surface area (Å²) in [4.78, 5) is 24.4. The third-order valence-electron chi connectivity index (χ3n) is 3.44. The van der Waals surface area contributed by atoms with E-state index >= 15 is 0 Å². The average Bonchev–Trinajstić information content (AvgIpc) is 2.58. The van der Waals surface area contributed by atoms with Crippen LogP contribution in [0.25, 0.3) is 0 Å². The van der Waals surface area contributed by atoms with E-state index in [9.17, 15) is 18.0 Å². The summed E-state index contributed by atoms with van der Waals surface area (Å²) in [6.07, 6.45) is -0.0847. The van der Waals surface area contributed by atoms with Crippen molar-refractivity contribution in [1.29, 1.82) is 0 Å². The van der Waals surface area contributed by atoms with E-state index in [0.717, 1.165) is 6.26 Å². The molecule has 0 saturated heterocycles. The summed E-state index contributed by atoms with van der Waals surface area (Å²) in [7, 11) is -3.38. The van der Waals surface area contributed by atoms with Gasteiger partial charge >= 0.3 is 5.97 Å². The zero-order valence-corrected chi connectivity index (χ0v) is 17.2. The van der Waals surface area contributed by atoms with E-state index in [2.05, 4.69) is 5.32 Å². The number of anilines is 1. The first-order chi connectivity index (χ1) is 12.5. The Balaban J connectivity index is 2.05. The summed E-state index contributed by atoms with van der Waals surface area (Å²) in [6, 6.07) is 7.93. The lowest BCUT2D eigenvalue weighted by Crippen LogP contribution is -2.30. The molecule has 1 atom stereocenters. The molecule has 144 valence electrons. The predicted molar refractivity (Wildman–Crippen MR) is 105 cm³/mol. The first-order valence-electron chi connectivity index (χ1n) is 7.45. The van der Waals surface area contributed by atoms with Gasteiger partial charge in [0.05, 0.1) is 31.2 Å². The first kappa shape index (κ1) is 21.5. The Morgan fingerprint density at radius 1 is 1.00 bits per heavy atom. The third-order valence-corrected chi connectivity index (χ3v) is 5.60.